The monoisotopic (exact) mass is 1510 g/mol. The summed E-state index contributed by atoms with van der Waals surface area (Å²) in [5.41, 5.74) is 10.9. The van der Waals surface area contributed by atoms with E-state index in [1.807, 2.05) is 270 Å². The van der Waals surface area contributed by atoms with Crippen LogP contribution >= 0.6 is 0 Å². The minimum absolute atomic E-state index is 0.0882. The summed E-state index contributed by atoms with van der Waals surface area (Å²) in [4.78, 5) is 0. The number of pyridine rings is 4. The number of azo groups is 4. The standard InChI is InChI=1S/C51H45N10O2.C41H39N8O2/c62-48-19-13-38-35-44(52-40-9-3-1-4-10-40)15-17-46(38)50(48)56-54-42-21-29-58(30-22-42)25-7-27-60-33-34-61(37-60)28-8-26-59-31-23-43(24-32-59)55-57-51-47-18-16-45(36-39(47)14-20-49(51)63)53-41-11-5-2-6-12-41;1-30-5-7-32-9-11-38(50)40(36(32)27-30)44-42-34-13-21-46(22-14-34)17-3-19-48-25-26-49(29-48)20-4-18-47-23-15-35(16-24-47)43-45-41-37-28-31(2)6-8-33(37)10-12-39(41)51/h1-6,9-24,29-37H,7-8,25-28H2,(H2,52,53,56,57);5-16,21-29H,3-4,17-20H2,1-2H3/q2*+1/p+4. The van der Waals surface area contributed by atoms with Crippen molar-refractivity contribution in [1.82, 2.24) is 9.13 Å². The van der Waals surface area contributed by atoms with E-state index in [1.165, 1.54) is 0 Å². The minimum Gasteiger partial charge on any atom is -0.506 e. The molecule has 0 saturated heterocycles. The quantitative estimate of drug-likeness (QED) is 0.0206. The van der Waals surface area contributed by atoms with Crippen LogP contribution in [0.2, 0.25) is 0 Å². The lowest BCUT2D eigenvalue weighted by atomic mass is 10.1. The van der Waals surface area contributed by atoms with Crippen molar-refractivity contribution >= 4 is 111 Å². The van der Waals surface area contributed by atoms with Crippen molar-refractivity contribution in [3.63, 3.8) is 0 Å². The van der Waals surface area contributed by atoms with Gasteiger partial charge in [-0.15, -0.1) is 40.9 Å². The molecule has 0 fully saturated rings. The first kappa shape index (κ1) is 74.9. The number of aromatic hydroxyl groups is 4. The van der Waals surface area contributed by atoms with E-state index in [4.69, 9.17) is 0 Å². The Balaban J connectivity index is 0.000000184. The summed E-state index contributed by atoms with van der Waals surface area (Å²) in [5.74, 6) is 0.416. The van der Waals surface area contributed by atoms with Crippen molar-refractivity contribution in [2.45, 2.75) is 91.9 Å². The lowest BCUT2D eigenvalue weighted by Crippen LogP contribution is -2.37. The summed E-state index contributed by atoms with van der Waals surface area (Å²) in [6.07, 6.45) is 32.8. The number of para-hydroxylation sites is 2. The van der Waals surface area contributed by atoms with Gasteiger partial charge in [-0.05, 0) is 132 Å². The Bertz CT molecular complexity index is 5750. The fourth-order valence-corrected chi connectivity index (χ4v) is 13.6. The number of nitrogens with zero attached hydrogens (tertiary/aromatic N) is 16. The first-order valence-electron chi connectivity index (χ1n) is 38.2. The summed E-state index contributed by atoms with van der Waals surface area (Å²) < 4.78 is 17.5. The third-order valence-electron chi connectivity index (χ3n) is 19.7. The molecule has 16 rings (SSSR count). The number of phenols is 4. The topological polar surface area (TPSA) is 237 Å². The van der Waals surface area contributed by atoms with Crippen molar-refractivity contribution in [1.29, 1.82) is 0 Å². The van der Waals surface area contributed by atoms with Crippen LogP contribution in [0, 0.1) is 13.8 Å². The molecule has 22 heteroatoms. The first-order valence-corrected chi connectivity index (χ1v) is 38.2. The van der Waals surface area contributed by atoms with Crippen molar-refractivity contribution in [3.05, 3.63) is 329 Å². The number of imidazole rings is 2. The van der Waals surface area contributed by atoms with E-state index in [-0.39, 0.29) is 23.0 Å². The number of aryl methyl sites for hydroxylation is 10. The third kappa shape index (κ3) is 19.5. The Morgan fingerprint density at radius 2 is 0.579 bits per heavy atom. The fraction of sp³-hybridized carbons (Fsp3) is 0.152. The molecule has 16 aromatic rings. The molecule has 6 heterocycles. The summed E-state index contributed by atoms with van der Waals surface area (Å²) >= 11 is 0. The van der Waals surface area contributed by atoms with Crippen molar-refractivity contribution in [2.75, 3.05) is 10.6 Å². The molecule has 0 atom stereocenters. The number of hydrogen-bond donors (Lipinski definition) is 6. The molecule has 0 bridgehead atoms. The highest BCUT2D eigenvalue weighted by molar-refractivity contribution is 5.99. The highest BCUT2D eigenvalue weighted by Crippen LogP contribution is 2.41. The van der Waals surface area contributed by atoms with Gasteiger partial charge in [-0.1, -0.05) is 96.1 Å². The summed E-state index contributed by atoms with van der Waals surface area (Å²) in [6, 6.07) is 73.9. The normalized spacial score (nSPS) is 11.7. The average molecular weight is 1510 g/mol. The summed E-state index contributed by atoms with van der Waals surface area (Å²) in [6.45, 7) is 11.2. The third-order valence-corrected chi connectivity index (χ3v) is 19.7. The van der Waals surface area contributed by atoms with Crippen molar-refractivity contribution in [2.24, 2.45) is 40.9 Å². The van der Waals surface area contributed by atoms with Crippen LogP contribution < -0.4 is 38.0 Å². The van der Waals surface area contributed by atoms with Crippen LogP contribution in [0.15, 0.2) is 358 Å². The highest BCUT2D eigenvalue weighted by atomic mass is 16.3. The van der Waals surface area contributed by atoms with Gasteiger partial charge in [0.1, 0.15) is 70.5 Å². The SMILES string of the molecule is Cc1ccc2ccc(O)c(N=Nc3cc[n+](CCCn4cc[n+](CCC[n+]5ccc(N=Nc6c(O)ccc7ccc(C)cc67)cc5)c4)cc3)c2c1.Oc1ccc2cc(Nc3ccccc3)ccc2c1N=Nc1cc[n+](CCCn2cc[n+](CCC[n+]3ccc(N=Nc4c(O)ccc5cc(Nc6ccccc6)ccc45)cc3)c2)cc1. The van der Waals surface area contributed by atoms with Gasteiger partial charge in [0.2, 0.25) is 12.7 Å². The molecule has 22 nitrogen and oxygen atoms in total. The maximum atomic E-state index is 10.6. The van der Waals surface area contributed by atoms with Gasteiger partial charge >= 0.3 is 0 Å². The number of hydrogen-bond acceptors (Lipinski definition) is 14. The molecular weight excluding hydrogens is 1420 g/mol. The van der Waals surface area contributed by atoms with Gasteiger partial charge in [0.25, 0.3) is 0 Å². The lowest BCUT2D eigenvalue weighted by Gasteiger charge is -2.09. The van der Waals surface area contributed by atoms with E-state index < -0.39 is 0 Å². The van der Waals surface area contributed by atoms with Gasteiger partial charge in [-0.2, -0.15) is 0 Å². The number of aromatic nitrogens is 8. The molecule has 0 radical (unpaired) electrons. The van der Waals surface area contributed by atoms with E-state index in [9.17, 15) is 20.4 Å². The lowest BCUT2D eigenvalue weighted by molar-refractivity contribution is -0.726. The van der Waals surface area contributed by atoms with E-state index >= 15 is 0 Å². The molecule has 564 valence electrons. The van der Waals surface area contributed by atoms with Gasteiger partial charge < -0.3 is 31.1 Å². The van der Waals surface area contributed by atoms with Crippen LogP contribution in [0.3, 0.4) is 0 Å². The smallest absolute Gasteiger partial charge is 0.243 e. The van der Waals surface area contributed by atoms with Gasteiger partial charge in [-0.3, -0.25) is 0 Å². The van der Waals surface area contributed by atoms with E-state index in [0.717, 1.165) is 166 Å². The van der Waals surface area contributed by atoms with Gasteiger partial charge in [-0.25, -0.2) is 36.5 Å². The zero-order chi connectivity index (χ0) is 78.0. The molecule has 114 heavy (non-hydrogen) atoms. The Kier molecular flexibility index (Phi) is 23.6. The molecule has 0 aliphatic heterocycles. The number of fused-ring (bicyclic) bond motifs is 4. The van der Waals surface area contributed by atoms with Crippen molar-refractivity contribution in [3.8, 4) is 23.0 Å². The molecule has 10 aromatic carbocycles. The maximum Gasteiger partial charge on any atom is 0.243 e. The van der Waals surface area contributed by atoms with E-state index in [2.05, 4.69) is 126 Å². The number of benzene rings is 10. The zero-order valence-corrected chi connectivity index (χ0v) is 63.5. The second kappa shape index (κ2) is 35.9. The molecule has 0 unspecified atom stereocenters. The molecule has 0 amide bonds. The Labute approximate surface area is 659 Å². The summed E-state index contributed by atoms with van der Waals surface area (Å²) in [7, 11) is 0. The van der Waals surface area contributed by atoms with Crippen LogP contribution in [0.25, 0.3) is 43.1 Å². The van der Waals surface area contributed by atoms with Crippen LogP contribution in [-0.4, -0.2) is 29.6 Å². The van der Waals surface area contributed by atoms with Crippen LogP contribution in [-0.2, 0) is 52.4 Å². The second-order valence-corrected chi connectivity index (χ2v) is 28.2. The number of phenolic OH excluding ortho intramolecular Hbond substituents is 4. The molecular formula is C92H88N18O4+6. The Hall–Kier alpha value is -14.5. The number of nitrogens with one attached hydrogen (secondary N) is 2. The van der Waals surface area contributed by atoms with Crippen LogP contribution in [0.5, 0.6) is 23.0 Å². The average Bonchev–Trinajstić information content (AvgIpc) is 0.925. The van der Waals surface area contributed by atoms with Gasteiger partial charge in [0.15, 0.2) is 75.8 Å². The minimum atomic E-state index is 0.0882. The van der Waals surface area contributed by atoms with Crippen LogP contribution in [0.1, 0.15) is 36.8 Å². The van der Waals surface area contributed by atoms with Crippen molar-refractivity contribution < 1.29 is 47.8 Å². The molecule has 0 spiro atoms. The number of anilines is 4. The maximum absolute atomic E-state index is 10.6. The molecule has 6 N–H and O–H groups in total. The predicted molar refractivity (Wildman–Crippen MR) is 442 cm³/mol. The number of rotatable bonds is 28. The fourth-order valence-electron chi connectivity index (χ4n) is 13.6. The largest absolute Gasteiger partial charge is 0.506 e. The van der Waals surface area contributed by atoms with E-state index in [0.29, 0.717) is 34.1 Å². The first-order chi connectivity index (χ1) is 55.9. The highest BCUT2D eigenvalue weighted by Gasteiger charge is 2.16. The summed E-state index contributed by atoms with van der Waals surface area (Å²) in [5, 5.41) is 91.7. The predicted octanol–water partition coefficient (Wildman–Crippen LogP) is 20.3. The second-order valence-electron chi connectivity index (χ2n) is 28.2. The zero-order valence-electron chi connectivity index (χ0n) is 63.5. The molecule has 0 saturated carbocycles. The molecule has 0 aliphatic carbocycles. The Morgan fingerprint density at radius 3 is 0.930 bits per heavy atom. The van der Waals surface area contributed by atoms with E-state index in [1.54, 1.807) is 24.3 Å². The van der Waals surface area contributed by atoms with Crippen LogP contribution in [0.4, 0.5) is 68.2 Å². The molecule has 6 aromatic heterocycles. The van der Waals surface area contributed by atoms with Gasteiger partial charge in [0.05, 0.1) is 48.9 Å². The van der Waals surface area contributed by atoms with Gasteiger partial charge in [0, 0.05) is 119 Å². The Morgan fingerprint density at radius 1 is 0.272 bits per heavy atom. The molecule has 0 aliphatic rings.